The van der Waals surface area contributed by atoms with Crippen LogP contribution in [0, 0.1) is 5.41 Å². The lowest BCUT2D eigenvalue weighted by molar-refractivity contribution is -0.227. The highest BCUT2D eigenvalue weighted by Crippen LogP contribution is 2.27. The maximum atomic E-state index is 4.92. The minimum Gasteiger partial charge on any atom is -0.298 e. The minimum absolute atomic E-state index is 0.0325. The summed E-state index contributed by atoms with van der Waals surface area (Å²) in [6.07, 6.45) is 5.24. The lowest BCUT2D eigenvalue weighted by Crippen LogP contribution is -2.13. The average Bonchev–Trinajstić information content (AvgIpc) is 1.88. The van der Waals surface area contributed by atoms with E-state index in [1.807, 2.05) is 12.2 Å². The van der Waals surface area contributed by atoms with Crippen molar-refractivity contribution in [3.63, 3.8) is 0 Å². The Hall–Kier alpha value is -0.920. The van der Waals surface area contributed by atoms with Gasteiger partial charge in [-0.1, -0.05) is 20.8 Å². The van der Waals surface area contributed by atoms with Crippen LogP contribution in [0.5, 0.6) is 0 Å². The molecule has 0 unspecified atom stereocenters. The average molecular weight is 140 g/mol. The molecule has 0 amide bonds. The van der Waals surface area contributed by atoms with E-state index in [9.17, 15) is 0 Å². The van der Waals surface area contributed by atoms with E-state index >= 15 is 0 Å². The second-order valence-corrected chi connectivity index (χ2v) is 3.29. The summed E-state index contributed by atoms with van der Waals surface area (Å²) in [5.74, 6) is 0.856. The molecule has 1 rings (SSSR count). The molecule has 0 radical (unpaired) electrons. The smallest absolute Gasteiger partial charge is 0.161 e. The van der Waals surface area contributed by atoms with E-state index in [-0.39, 0.29) is 5.41 Å². The van der Waals surface area contributed by atoms with Crippen LogP contribution in [0.15, 0.2) is 24.2 Å². The van der Waals surface area contributed by atoms with Gasteiger partial charge in [0.1, 0.15) is 6.26 Å². The third-order valence-corrected chi connectivity index (χ3v) is 1.26. The van der Waals surface area contributed by atoms with Crippen molar-refractivity contribution in [2.75, 3.05) is 0 Å². The monoisotopic (exact) mass is 140 g/mol. The van der Waals surface area contributed by atoms with Gasteiger partial charge in [-0.25, -0.2) is 0 Å². The number of allylic oxidation sites excluding steroid dienone is 3. The predicted molar refractivity (Wildman–Crippen MR) is 38.8 cm³/mol. The zero-order valence-electron chi connectivity index (χ0n) is 6.55. The van der Waals surface area contributed by atoms with Crippen LogP contribution in [-0.4, -0.2) is 0 Å². The Balaban J connectivity index is 2.72. The zero-order valence-corrected chi connectivity index (χ0v) is 6.55. The summed E-state index contributed by atoms with van der Waals surface area (Å²) in [6, 6.07) is 0. The zero-order chi connectivity index (χ0) is 7.61. The van der Waals surface area contributed by atoms with Crippen molar-refractivity contribution in [3.8, 4) is 0 Å². The maximum absolute atomic E-state index is 4.92. The molecule has 0 aromatic carbocycles. The molecule has 1 aliphatic rings. The summed E-state index contributed by atoms with van der Waals surface area (Å²) < 4.78 is 0. The first kappa shape index (κ1) is 7.19. The number of hydrogen-bond acceptors (Lipinski definition) is 2. The highest BCUT2D eigenvalue weighted by atomic mass is 17.2. The molecule has 0 atom stereocenters. The molecule has 1 heterocycles. The van der Waals surface area contributed by atoms with E-state index in [2.05, 4.69) is 25.7 Å². The highest BCUT2D eigenvalue weighted by Gasteiger charge is 2.20. The molecule has 0 bridgehead atoms. The van der Waals surface area contributed by atoms with Gasteiger partial charge >= 0.3 is 0 Å². The minimum atomic E-state index is 0.0325. The summed E-state index contributed by atoms with van der Waals surface area (Å²) in [4.78, 5) is 9.58. The van der Waals surface area contributed by atoms with E-state index in [0.29, 0.717) is 0 Å². The SMILES string of the molecule is CC(C)(C)C1=CC=COO1. The van der Waals surface area contributed by atoms with Crippen molar-refractivity contribution in [1.29, 1.82) is 0 Å². The molecule has 10 heavy (non-hydrogen) atoms. The molecule has 0 saturated heterocycles. The van der Waals surface area contributed by atoms with Crippen LogP contribution < -0.4 is 0 Å². The molecule has 0 fully saturated rings. The highest BCUT2D eigenvalue weighted by molar-refractivity contribution is 5.12. The van der Waals surface area contributed by atoms with Crippen LogP contribution in [0.1, 0.15) is 20.8 Å². The van der Waals surface area contributed by atoms with Gasteiger partial charge in [0.2, 0.25) is 0 Å². The molecule has 0 aromatic rings. The fourth-order valence-corrected chi connectivity index (χ4v) is 0.641. The molecule has 0 N–H and O–H groups in total. The first-order chi connectivity index (χ1) is 4.61. The fourth-order valence-electron chi connectivity index (χ4n) is 0.641. The molecular weight excluding hydrogens is 128 g/mol. The van der Waals surface area contributed by atoms with E-state index in [4.69, 9.17) is 4.89 Å². The van der Waals surface area contributed by atoms with E-state index in [1.54, 1.807) is 0 Å². The van der Waals surface area contributed by atoms with Gasteiger partial charge < -0.3 is 0 Å². The molecule has 0 aliphatic carbocycles. The lowest BCUT2D eigenvalue weighted by Gasteiger charge is -2.21. The summed E-state index contributed by atoms with van der Waals surface area (Å²) >= 11 is 0. The van der Waals surface area contributed by atoms with Gasteiger partial charge in [-0.15, -0.1) is 0 Å². The Kier molecular flexibility index (Phi) is 1.70. The van der Waals surface area contributed by atoms with Crippen molar-refractivity contribution >= 4 is 0 Å². The summed E-state index contributed by atoms with van der Waals surface area (Å²) in [6.45, 7) is 6.21. The Labute approximate surface area is 61.1 Å². The van der Waals surface area contributed by atoms with Crippen molar-refractivity contribution in [1.82, 2.24) is 0 Å². The Morgan fingerprint density at radius 1 is 1.30 bits per heavy atom. The van der Waals surface area contributed by atoms with E-state index < -0.39 is 0 Å². The van der Waals surface area contributed by atoms with Gasteiger partial charge in [-0.3, -0.25) is 9.78 Å². The molecule has 2 nitrogen and oxygen atoms in total. The number of hydrogen-bond donors (Lipinski definition) is 0. The summed E-state index contributed by atoms with van der Waals surface area (Å²) in [5.41, 5.74) is 0.0325. The molecule has 56 valence electrons. The van der Waals surface area contributed by atoms with Gasteiger partial charge in [0.25, 0.3) is 0 Å². The van der Waals surface area contributed by atoms with Gasteiger partial charge in [-0.2, -0.15) is 0 Å². The summed E-state index contributed by atoms with van der Waals surface area (Å²) in [5, 5.41) is 0. The summed E-state index contributed by atoms with van der Waals surface area (Å²) in [7, 11) is 0. The van der Waals surface area contributed by atoms with Gasteiger partial charge in [-0.05, 0) is 12.2 Å². The van der Waals surface area contributed by atoms with Crippen molar-refractivity contribution in [3.05, 3.63) is 24.2 Å². The standard InChI is InChI=1S/C8H12O2/c1-8(2,3)7-5-4-6-9-10-7/h4-6H,1-3H3. The quantitative estimate of drug-likeness (QED) is 0.481. The van der Waals surface area contributed by atoms with E-state index in [0.717, 1.165) is 5.76 Å². The van der Waals surface area contributed by atoms with Gasteiger partial charge in [0.15, 0.2) is 5.76 Å². The van der Waals surface area contributed by atoms with Crippen LogP contribution in [0.4, 0.5) is 0 Å². The normalized spacial score (nSPS) is 17.3. The molecule has 0 saturated carbocycles. The lowest BCUT2D eigenvalue weighted by atomic mass is 9.93. The third-order valence-electron chi connectivity index (χ3n) is 1.26. The second-order valence-electron chi connectivity index (χ2n) is 3.29. The van der Waals surface area contributed by atoms with Crippen molar-refractivity contribution in [2.24, 2.45) is 5.41 Å². The van der Waals surface area contributed by atoms with Crippen LogP contribution in [-0.2, 0) is 9.78 Å². The Morgan fingerprint density at radius 3 is 2.30 bits per heavy atom. The Bertz CT molecular complexity index is 172. The first-order valence-corrected chi connectivity index (χ1v) is 3.31. The maximum Gasteiger partial charge on any atom is 0.161 e. The van der Waals surface area contributed by atoms with Crippen LogP contribution in [0.25, 0.3) is 0 Å². The molecule has 0 spiro atoms. The van der Waals surface area contributed by atoms with Crippen LogP contribution >= 0.6 is 0 Å². The largest absolute Gasteiger partial charge is 0.298 e. The van der Waals surface area contributed by atoms with Crippen molar-refractivity contribution < 1.29 is 9.78 Å². The fraction of sp³-hybridized carbons (Fsp3) is 0.500. The molecule has 2 heteroatoms. The van der Waals surface area contributed by atoms with Crippen LogP contribution in [0.2, 0.25) is 0 Å². The molecule has 0 aromatic heterocycles. The topological polar surface area (TPSA) is 18.5 Å². The number of rotatable bonds is 0. The van der Waals surface area contributed by atoms with Crippen LogP contribution in [0.3, 0.4) is 0 Å². The molecular formula is C8H12O2. The first-order valence-electron chi connectivity index (χ1n) is 3.31. The molecule has 1 aliphatic heterocycles. The van der Waals surface area contributed by atoms with Gasteiger partial charge in [0, 0.05) is 5.41 Å². The Morgan fingerprint density at radius 2 is 2.00 bits per heavy atom. The van der Waals surface area contributed by atoms with Gasteiger partial charge in [0.05, 0.1) is 0 Å². The predicted octanol–water partition coefficient (Wildman–Crippen LogP) is 2.39. The van der Waals surface area contributed by atoms with E-state index in [1.165, 1.54) is 6.26 Å². The third kappa shape index (κ3) is 1.53. The second kappa shape index (κ2) is 2.37. The van der Waals surface area contributed by atoms with Crippen molar-refractivity contribution in [2.45, 2.75) is 20.8 Å².